The van der Waals surface area contributed by atoms with E-state index in [4.69, 9.17) is 10.2 Å². The van der Waals surface area contributed by atoms with Gasteiger partial charge in [0.25, 0.3) is 5.89 Å². The molecule has 10 heteroatoms. The van der Waals surface area contributed by atoms with Crippen molar-refractivity contribution in [1.29, 1.82) is 0 Å². The minimum absolute atomic E-state index is 0.252. The van der Waals surface area contributed by atoms with E-state index in [9.17, 15) is 9.11 Å². The predicted molar refractivity (Wildman–Crippen MR) is 130 cm³/mol. The van der Waals surface area contributed by atoms with E-state index < -0.39 is 10.6 Å². The first-order chi connectivity index (χ1) is 15.8. The number of rotatable bonds is 7. The van der Waals surface area contributed by atoms with Crippen molar-refractivity contribution in [2.24, 2.45) is 0 Å². The minimum atomic E-state index is -2.90. The second kappa shape index (κ2) is 9.28. The molecule has 0 fully saturated rings. The number of benzene rings is 1. The molecule has 0 aliphatic rings. The van der Waals surface area contributed by atoms with Crippen molar-refractivity contribution in [3.63, 3.8) is 0 Å². The number of pyridine rings is 2. The fraction of sp³-hybridized carbons (Fsp3) is 0.217. The van der Waals surface area contributed by atoms with E-state index in [0.717, 1.165) is 17.7 Å². The number of nitrogen functional groups attached to an aromatic ring is 1. The average Bonchev–Trinajstić information content (AvgIpc) is 3.30. The van der Waals surface area contributed by atoms with Crippen LogP contribution in [0.3, 0.4) is 0 Å². The van der Waals surface area contributed by atoms with Crippen LogP contribution in [0.1, 0.15) is 19.4 Å². The lowest BCUT2D eigenvalue weighted by Crippen LogP contribution is -2.10. The van der Waals surface area contributed by atoms with Gasteiger partial charge in [-0.1, -0.05) is 12.1 Å². The monoisotopic (exact) mass is 466 g/mol. The number of aromatic nitrogens is 4. The van der Waals surface area contributed by atoms with Gasteiger partial charge in [0.05, 0.1) is 22.3 Å². The largest absolute Gasteiger partial charge is 0.416 e. The highest BCUT2D eigenvalue weighted by molar-refractivity contribution is 8.24. The SMILES string of the molecule is CNCc1ccc(-c2nnc(-c3cc(-c4ccc(S(O)(O)C(C)C)cn4)cnc3N)o2)cc1. The second-order valence-corrected chi connectivity index (χ2v) is 10.4. The van der Waals surface area contributed by atoms with Gasteiger partial charge in [0.15, 0.2) is 0 Å². The van der Waals surface area contributed by atoms with Gasteiger partial charge in [0, 0.05) is 29.1 Å². The molecule has 0 amide bonds. The van der Waals surface area contributed by atoms with Crippen molar-refractivity contribution in [1.82, 2.24) is 25.5 Å². The summed E-state index contributed by atoms with van der Waals surface area (Å²) in [5, 5.41) is 11.1. The number of nitrogens with two attached hydrogens (primary N) is 1. The van der Waals surface area contributed by atoms with E-state index in [1.54, 1.807) is 38.2 Å². The van der Waals surface area contributed by atoms with Crippen LogP contribution in [0, 0.1) is 0 Å². The maximum atomic E-state index is 10.3. The highest BCUT2D eigenvalue weighted by Gasteiger charge is 2.21. The van der Waals surface area contributed by atoms with Crippen LogP contribution in [0.25, 0.3) is 34.2 Å². The van der Waals surface area contributed by atoms with Crippen LogP contribution in [0.4, 0.5) is 5.82 Å². The Bertz CT molecular complexity index is 1240. The van der Waals surface area contributed by atoms with Crippen molar-refractivity contribution in [2.75, 3.05) is 12.8 Å². The molecule has 0 radical (unpaired) electrons. The first kappa shape index (κ1) is 22.9. The van der Waals surface area contributed by atoms with Gasteiger partial charge in [-0.25, -0.2) is 4.98 Å². The van der Waals surface area contributed by atoms with E-state index in [0.29, 0.717) is 27.6 Å². The molecule has 172 valence electrons. The van der Waals surface area contributed by atoms with Crippen molar-refractivity contribution >= 4 is 16.4 Å². The van der Waals surface area contributed by atoms with Gasteiger partial charge in [-0.3, -0.25) is 14.1 Å². The Balaban J connectivity index is 1.62. The summed E-state index contributed by atoms with van der Waals surface area (Å²) in [5.74, 6) is 0.887. The molecule has 0 atom stereocenters. The van der Waals surface area contributed by atoms with Crippen molar-refractivity contribution in [3.8, 4) is 34.2 Å². The van der Waals surface area contributed by atoms with Crippen LogP contribution in [-0.4, -0.2) is 41.6 Å². The first-order valence-corrected chi connectivity index (χ1v) is 12.0. The van der Waals surface area contributed by atoms with Crippen molar-refractivity contribution in [2.45, 2.75) is 30.5 Å². The minimum Gasteiger partial charge on any atom is -0.416 e. The zero-order valence-electron chi connectivity index (χ0n) is 18.6. The van der Waals surface area contributed by atoms with E-state index in [-0.39, 0.29) is 17.0 Å². The number of hydrogen-bond acceptors (Lipinski definition) is 9. The molecule has 1 aromatic carbocycles. The summed E-state index contributed by atoms with van der Waals surface area (Å²) in [7, 11) is -1.00. The lowest BCUT2D eigenvalue weighted by molar-refractivity contribution is 0.476. The Hall–Kier alpha value is -3.31. The van der Waals surface area contributed by atoms with Crippen LogP contribution in [0.2, 0.25) is 0 Å². The molecule has 0 saturated carbocycles. The van der Waals surface area contributed by atoms with E-state index in [1.807, 2.05) is 31.3 Å². The molecule has 0 bridgehead atoms. The molecule has 4 rings (SSSR count). The summed E-state index contributed by atoms with van der Waals surface area (Å²) < 4.78 is 26.5. The molecule has 0 saturated heterocycles. The number of nitrogens with one attached hydrogen (secondary N) is 1. The summed E-state index contributed by atoms with van der Waals surface area (Å²) in [6.07, 6.45) is 3.07. The van der Waals surface area contributed by atoms with E-state index in [1.165, 1.54) is 6.20 Å². The van der Waals surface area contributed by atoms with Crippen LogP contribution >= 0.6 is 10.6 Å². The fourth-order valence-corrected chi connectivity index (χ4v) is 4.23. The molecule has 33 heavy (non-hydrogen) atoms. The normalized spacial score (nSPS) is 12.3. The number of nitrogens with zero attached hydrogens (tertiary/aromatic N) is 4. The maximum absolute atomic E-state index is 10.3. The Morgan fingerprint density at radius 2 is 1.70 bits per heavy atom. The predicted octanol–water partition coefficient (Wildman–Crippen LogP) is 4.68. The summed E-state index contributed by atoms with van der Waals surface area (Å²) in [4.78, 5) is 9.04. The Kier molecular flexibility index (Phi) is 6.43. The lowest BCUT2D eigenvalue weighted by atomic mass is 10.1. The Labute approximate surface area is 193 Å². The fourth-order valence-electron chi connectivity index (χ4n) is 3.21. The topological polar surface area (TPSA) is 143 Å². The molecule has 0 aliphatic heterocycles. The van der Waals surface area contributed by atoms with Gasteiger partial charge in [-0.2, -0.15) is 10.6 Å². The third kappa shape index (κ3) is 4.74. The summed E-state index contributed by atoms with van der Waals surface area (Å²) >= 11 is 0. The number of anilines is 1. The van der Waals surface area contributed by atoms with Crippen LogP contribution < -0.4 is 11.1 Å². The van der Waals surface area contributed by atoms with Crippen molar-refractivity contribution in [3.05, 3.63) is 60.4 Å². The molecule has 0 aliphatic carbocycles. The molecule has 3 aromatic heterocycles. The van der Waals surface area contributed by atoms with Crippen LogP contribution in [0.5, 0.6) is 0 Å². The smallest absolute Gasteiger partial charge is 0.251 e. The first-order valence-electron chi connectivity index (χ1n) is 10.4. The van der Waals surface area contributed by atoms with Gasteiger partial charge >= 0.3 is 0 Å². The summed E-state index contributed by atoms with van der Waals surface area (Å²) in [5.41, 5.74) is 9.82. The van der Waals surface area contributed by atoms with E-state index in [2.05, 4.69) is 25.5 Å². The van der Waals surface area contributed by atoms with Gasteiger partial charge in [-0.05, 0) is 56.8 Å². The molecular formula is C23H26N6O3S. The summed E-state index contributed by atoms with van der Waals surface area (Å²) in [6, 6.07) is 13.0. The lowest BCUT2D eigenvalue weighted by Gasteiger charge is -2.36. The molecule has 3 heterocycles. The zero-order chi connectivity index (χ0) is 23.6. The third-order valence-electron chi connectivity index (χ3n) is 5.19. The third-order valence-corrected chi connectivity index (χ3v) is 7.44. The van der Waals surface area contributed by atoms with Gasteiger partial charge in [0.2, 0.25) is 5.89 Å². The van der Waals surface area contributed by atoms with Crippen molar-refractivity contribution < 1.29 is 13.5 Å². The molecule has 0 unspecified atom stereocenters. The average molecular weight is 467 g/mol. The molecule has 0 spiro atoms. The highest BCUT2D eigenvalue weighted by atomic mass is 32.3. The van der Waals surface area contributed by atoms with Gasteiger partial charge in [-0.15, -0.1) is 10.2 Å². The van der Waals surface area contributed by atoms with Gasteiger partial charge in [0.1, 0.15) is 5.82 Å². The molecule has 4 aromatic rings. The highest BCUT2D eigenvalue weighted by Crippen LogP contribution is 2.51. The Morgan fingerprint density at radius 3 is 2.33 bits per heavy atom. The second-order valence-electron chi connectivity index (χ2n) is 7.82. The summed E-state index contributed by atoms with van der Waals surface area (Å²) in [6.45, 7) is 4.29. The van der Waals surface area contributed by atoms with E-state index >= 15 is 0 Å². The van der Waals surface area contributed by atoms with Gasteiger partial charge < -0.3 is 15.5 Å². The standard InChI is InChI=1S/C23H26N6O3S/c1-14(2)33(30,31)18-8-9-20(26-13-18)17-10-19(21(24)27-12-17)23-29-28-22(32-23)16-6-4-15(5-7-16)11-25-3/h4-10,12-14,25,30-31H,11H2,1-3H3,(H2,24,27). The molecular weight excluding hydrogens is 440 g/mol. The number of hydrogen-bond donors (Lipinski definition) is 4. The Morgan fingerprint density at radius 1 is 0.970 bits per heavy atom. The molecule has 5 N–H and O–H groups in total. The molecule has 9 nitrogen and oxygen atoms in total. The van der Waals surface area contributed by atoms with Crippen LogP contribution in [-0.2, 0) is 6.54 Å². The quantitative estimate of drug-likeness (QED) is 0.305. The zero-order valence-corrected chi connectivity index (χ0v) is 19.4. The maximum Gasteiger partial charge on any atom is 0.251 e. The van der Waals surface area contributed by atoms with Crippen LogP contribution in [0.15, 0.2) is 64.2 Å².